The molecule has 1 aromatic heterocycles. The zero-order valence-electron chi connectivity index (χ0n) is 15.4. The molecule has 1 N–H and O–H groups in total. The fourth-order valence-corrected chi connectivity index (χ4v) is 4.40. The summed E-state index contributed by atoms with van der Waals surface area (Å²) in [6.45, 7) is 0. The summed E-state index contributed by atoms with van der Waals surface area (Å²) >= 11 is 6.10. The van der Waals surface area contributed by atoms with Crippen molar-refractivity contribution in [3.05, 3.63) is 59.1 Å². The third-order valence-corrected chi connectivity index (χ3v) is 6.86. The van der Waals surface area contributed by atoms with Crippen LogP contribution in [0.5, 0.6) is 0 Å². The molecule has 1 aliphatic rings. The van der Waals surface area contributed by atoms with Crippen molar-refractivity contribution in [2.75, 3.05) is 12.4 Å². The Bertz CT molecular complexity index is 1160. The molecule has 4 rings (SSSR count). The summed E-state index contributed by atoms with van der Waals surface area (Å²) in [6, 6.07) is 12.6. The Hall–Kier alpha value is -2.75. The van der Waals surface area contributed by atoms with Crippen LogP contribution in [0.4, 0.5) is 6.01 Å². The quantitative estimate of drug-likeness (QED) is 0.639. The van der Waals surface area contributed by atoms with Gasteiger partial charge in [0.25, 0.3) is 11.8 Å². The largest absolute Gasteiger partial charge is 0.403 e. The molecule has 29 heavy (non-hydrogen) atoms. The molecule has 0 unspecified atom stereocenters. The monoisotopic (exact) mass is 432 g/mol. The summed E-state index contributed by atoms with van der Waals surface area (Å²) in [5.74, 6) is -0.325. The van der Waals surface area contributed by atoms with Crippen molar-refractivity contribution in [2.45, 2.75) is 23.8 Å². The lowest BCUT2D eigenvalue weighted by Crippen LogP contribution is -2.29. The first-order valence-electron chi connectivity index (χ1n) is 8.84. The number of nitrogens with zero attached hydrogens (tertiary/aromatic N) is 3. The summed E-state index contributed by atoms with van der Waals surface area (Å²) in [4.78, 5) is 12.6. The van der Waals surface area contributed by atoms with Gasteiger partial charge in [0, 0.05) is 18.7 Å². The van der Waals surface area contributed by atoms with E-state index in [4.69, 9.17) is 16.0 Å². The SMILES string of the molecule is CN(C1CC1)S(=O)(=O)c1ccc(C(=O)Nc2nnc(-c3ccccc3Cl)o2)cc1. The smallest absolute Gasteiger partial charge is 0.322 e. The average molecular weight is 433 g/mol. The number of anilines is 1. The minimum atomic E-state index is -3.56. The van der Waals surface area contributed by atoms with Gasteiger partial charge in [0.15, 0.2) is 0 Å². The van der Waals surface area contributed by atoms with Crippen LogP contribution in [0.1, 0.15) is 23.2 Å². The van der Waals surface area contributed by atoms with Crippen molar-refractivity contribution in [2.24, 2.45) is 0 Å². The Morgan fingerprint density at radius 2 is 1.83 bits per heavy atom. The van der Waals surface area contributed by atoms with Crippen molar-refractivity contribution in [3.63, 3.8) is 0 Å². The molecule has 150 valence electrons. The molecule has 0 bridgehead atoms. The van der Waals surface area contributed by atoms with Gasteiger partial charge in [-0.15, -0.1) is 5.10 Å². The van der Waals surface area contributed by atoms with Gasteiger partial charge < -0.3 is 4.42 Å². The molecule has 0 spiro atoms. The standard InChI is InChI=1S/C19H17ClN4O4S/c1-24(13-8-9-13)29(26,27)14-10-6-12(7-11-14)17(25)21-19-23-22-18(28-19)15-4-2-3-5-16(15)20/h2-7,10-11,13H,8-9H2,1H3,(H,21,23,25). The minimum absolute atomic E-state index is 0.0628. The average Bonchev–Trinajstić information content (AvgIpc) is 3.47. The van der Waals surface area contributed by atoms with Crippen LogP contribution in [0.25, 0.3) is 11.5 Å². The molecule has 0 saturated heterocycles. The highest BCUT2D eigenvalue weighted by Gasteiger charge is 2.35. The van der Waals surface area contributed by atoms with Crippen LogP contribution < -0.4 is 5.32 Å². The first-order chi connectivity index (χ1) is 13.9. The Kier molecular flexibility index (Phi) is 5.12. The van der Waals surface area contributed by atoms with Crippen LogP contribution in [0.2, 0.25) is 5.02 Å². The number of aromatic nitrogens is 2. The highest BCUT2D eigenvalue weighted by Crippen LogP contribution is 2.30. The van der Waals surface area contributed by atoms with Gasteiger partial charge in [-0.05, 0) is 49.2 Å². The predicted molar refractivity (Wildman–Crippen MR) is 107 cm³/mol. The first kappa shape index (κ1) is 19.6. The lowest BCUT2D eigenvalue weighted by atomic mass is 10.2. The van der Waals surface area contributed by atoms with Gasteiger partial charge in [-0.1, -0.05) is 28.8 Å². The number of rotatable bonds is 6. The highest BCUT2D eigenvalue weighted by atomic mass is 35.5. The Labute approximate surface area is 172 Å². The van der Waals surface area contributed by atoms with Gasteiger partial charge in [-0.25, -0.2) is 8.42 Å². The van der Waals surface area contributed by atoms with Crippen LogP contribution in [0.15, 0.2) is 57.8 Å². The van der Waals surface area contributed by atoms with E-state index in [1.165, 1.54) is 28.6 Å². The summed E-state index contributed by atoms with van der Waals surface area (Å²) in [7, 11) is -1.99. The van der Waals surface area contributed by atoms with Crippen LogP contribution in [0.3, 0.4) is 0 Å². The number of sulfonamides is 1. The van der Waals surface area contributed by atoms with E-state index in [-0.39, 0.29) is 28.4 Å². The summed E-state index contributed by atoms with van der Waals surface area (Å²) < 4.78 is 31.9. The lowest BCUT2D eigenvalue weighted by Gasteiger charge is -2.16. The predicted octanol–water partition coefficient (Wildman–Crippen LogP) is 3.43. The van der Waals surface area contributed by atoms with Crippen molar-refractivity contribution >= 4 is 33.5 Å². The summed E-state index contributed by atoms with van der Waals surface area (Å²) in [5.41, 5.74) is 0.812. The maximum Gasteiger partial charge on any atom is 0.322 e. The molecule has 0 radical (unpaired) electrons. The Balaban J connectivity index is 1.47. The lowest BCUT2D eigenvalue weighted by molar-refractivity contribution is 0.102. The van der Waals surface area contributed by atoms with E-state index < -0.39 is 15.9 Å². The van der Waals surface area contributed by atoms with Gasteiger partial charge in [-0.2, -0.15) is 4.31 Å². The molecule has 1 heterocycles. The topological polar surface area (TPSA) is 105 Å². The fraction of sp³-hybridized carbons (Fsp3) is 0.211. The normalized spacial score (nSPS) is 14.2. The highest BCUT2D eigenvalue weighted by molar-refractivity contribution is 7.89. The number of nitrogens with one attached hydrogen (secondary N) is 1. The van der Waals surface area contributed by atoms with E-state index in [0.29, 0.717) is 10.6 Å². The molecule has 1 aliphatic carbocycles. The van der Waals surface area contributed by atoms with Gasteiger partial charge in [-0.3, -0.25) is 10.1 Å². The van der Waals surface area contributed by atoms with E-state index in [1.807, 2.05) is 0 Å². The Morgan fingerprint density at radius 3 is 2.48 bits per heavy atom. The number of amides is 1. The molecule has 0 atom stereocenters. The molecule has 3 aromatic rings. The maximum absolute atomic E-state index is 12.5. The maximum atomic E-state index is 12.5. The number of hydrogen-bond donors (Lipinski definition) is 1. The summed E-state index contributed by atoms with van der Waals surface area (Å²) in [6.07, 6.45) is 1.74. The van der Waals surface area contributed by atoms with Crippen LogP contribution in [0, 0.1) is 0 Å². The number of benzene rings is 2. The van der Waals surface area contributed by atoms with Crippen LogP contribution >= 0.6 is 11.6 Å². The van der Waals surface area contributed by atoms with Crippen LogP contribution in [-0.4, -0.2) is 41.9 Å². The van der Waals surface area contributed by atoms with Gasteiger partial charge in [0.1, 0.15) is 0 Å². The molecule has 2 aromatic carbocycles. The van der Waals surface area contributed by atoms with Gasteiger partial charge in [0.2, 0.25) is 10.0 Å². The molecular formula is C19H17ClN4O4S. The van der Waals surface area contributed by atoms with E-state index in [1.54, 1.807) is 31.3 Å². The number of halogens is 1. The van der Waals surface area contributed by atoms with Crippen molar-refractivity contribution in [1.82, 2.24) is 14.5 Å². The molecule has 10 heteroatoms. The Morgan fingerprint density at radius 1 is 1.14 bits per heavy atom. The molecular weight excluding hydrogens is 416 g/mol. The van der Waals surface area contributed by atoms with Crippen LogP contribution in [-0.2, 0) is 10.0 Å². The number of carbonyl (C=O) groups excluding carboxylic acids is 1. The second kappa shape index (κ2) is 7.58. The van der Waals surface area contributed by atoms with E-state index in [2.05, 4.69) is 15.5 Å². The molecule has 0 aliphatic heterocycles. The van der Waals surface area contributed by atoms with Crippen molar-refractivity contribution in [3.8, 4) is 11.5 Å². The van der Waals surface area contributed by atoms with E-state index >= 15 is 0 Å². The fourth-order valence-electron chi connectivity index (χ4n) is 2.77. The van der Waals surface area contributed by atoms with Gasteiger partial charge >= 0.3 is 6.01 Å². The van der Waals surface area contributed by atoms with Crippen molar-refractivity contribution < 1.29 is 17.6 Å². The third-order valence-electron chi connectivity index (χ3n) is 4.60. The third kappa shape index (κ3) is 4.02. The second-order valence-electron chi connectivity index (χ2n) is 6.62. The molecule has 1 amide bonds. The molecule has 1 saturated carbocycles. The molecule has 1 fully saturated rings. The zero-order valence-corrected chi connectivity index (χ0v) is 16.9. The molecule has 8 nitrogen and oxygen atoms in total. The second-order valence-corrected chi connectivity index (χ2v) is 9.03. The zero-order chi connectivity index (χ0) is 20.6. The number of hydrogen-bond acceptors (Lipinski definition) is 6. The van der Waals surface area contributed by atoms with Crippen molar-refractivity contribution in [1.29, 1.82) is 0 Å². The van der Waals surface area contributed by atoms with Gasteiger partial charge in [0.05, 0.1) is 15.5 Å². The van der Waals surface area contributed by atoms with E-state index in [0.717, 1.165) is 12.8 Å². The summed E-state index contributed by atoms with van der Waals surface area (Å²) in [5, 5.41) is 10.6. The first-order valence-corrected chi connectivity index (χ1v) is 10.7. The minimum Gasteiger partial charge on any atom is -0.403 e. The number of carbonyl (C=O) groups is 1. The van der Waals surface area contributed by atoms with E-state index in [9.17, 15) is 13.2 Å².